The molecule has 0 bridgehead atoms. The number of aliphatic hydroxyl groups is 1. The summed E-state index contributed by atoms with van der Waals surface area (Å²) in [5.74, 6) is 0.868. The molecule has 1 unspecified atom stereocenters. The van der Waals surface area contributed by atoms with Gasteiger partial charge in [-0.3, -0.25) is 0 Å². The first-order chi connectivity index (χ1) is 9.94. The molecule has 0 amide bonds. The zero-order valence-electron chi connectivity index (χ0n) is 13.6. The third-order valence-electron chi connectivity index (χ3n) is 3.92. The summed E-state index contributed by atoms with van der Waals surface area (Å²) in [5, 5.41) is 10.2. The van der Waals surface area contributed by atoms with Crippen molar-refractivity contribution in [1.82, 2.24) is 0 Å². The number of morpholine rings is 1. The molecular weight excluding hydrogens is 266 g/mol. The van der Waals surface area contributed by atoms with Crippen molar-refractivity contribution in [3.8, 4) is 5.75 Å². The van der Waals surface area contributed by atoms with Crippen LogP contribution in [0.1, 0.15) is 25.0 Å². The van der Waals surface area contributed by atoms with E-state index in [1.54, 1.807) is 0 Å². The van der Waals surface area contributed by atoms with Crippen LogP contribution in [0.25, 0.3) is 0 Å². The first-order valence-electron chi connectivity index (χ1n) is 7.81. The predicted octanol–water partition coefficient (Wildman–Crippen LogP) is 0.735. The molecule has 0 aromatic heterocycles. The monoisotopic (exact) mass is 294 g/mol. The second-order valence-electron chi connectivity index (χ2n) is 6.35. The number of aliphatic hydroxyl groups excluding tert-OH is 1. The summed E-state index contributed by atoms with van der Waals surface area (Å²) in [6, 6.07) is 6.14. The van der Waals surface area contributed by atoms with Crippen LogP contribution in [0.4, 0.5) is 0 Å². The molecule has 1 aliphatic rings. The Labute approximate surface area is 127 Å². The molecule has 2 rings (SSSR count). The number of quaternary nitrogens is 1. The van der Waals surface area contributed by atoms with Gasteiger partial charge in [-0.15, -0.1) is 0 Å². The molecule has 1 saturated heterocycles. The number of aryl methyl sites for hydroxylation is 2. The van der Waals surface area contributed by atoms with E-state index in [0.717, 1.165) is 24.4 Å². The van der Waals surface area contributed by atoms with Gasteiger partial charge in [0.05, 0.1) is 0 Å². The van der Waals surface area contributed by atoms with Crippen LogP contribution >= 0.6 is 0 Å². The zero-order chi connectivity index (χ0) is 15.4. The minimum Gasteiger partial charge on any atom is -0.490 e. The Morgan fingerprint density at radius 1 is 1.29 bits per heavy atom. The van der Waals surface area contributed by atoms with Crippen LogP contribution < -0.4 is 9.64 Å². The number of benzene rings is 1. The summed E-state index contributed by atoms with van der Waals surface area (Å²) in [5.41, 5.74) is 2.28. The summed E-state index contributed by atoms with van der Waals surface area (Å²) < 4.78 is 11.5. The maximum atomic E-state index is 10.2. The minimum absolute atomic E-state index is 0.260. The van der Waals surface area contributed by atoms with Gasteiger partial charge in [-0.1, -0.05) is 12.1 Å². The quantitative estimate of drug-likeness (QED) is 0.842. The number of rotatable bonds is 5. The maximum Gasteiger partial charge on any atom is 0.137 e. The van der Waals surface area contributed by atoms with Crippen molar-refractivity contribution < 1.29 is 19.5 Å². The Balaban J connectivity index is 1.81. The normalized spacial score (nSPS) is 27.4. The van der Waals surface area contributed by atoms with Gasteiger partial charge in [-0.2, -0.15) is 0 Å². The fraction of sp³-hybridized carbons (Fsp3) is 0.647. The highest BCUT2D eigenvalue weighted by Gasteiger charge is 2.27. The molecule has 4 nitrogen and oxygen atoms in total. The fourth-order valence-corrected chi connectivity index (χ4v) is 3.00. The molecule has 4 heteroatoms. The lowest BCUT2D eigenvalue weighted by Crippen LogP contribution is -3.16. The van der Waals surface area contributed by atoms with E-state index in [-0.39, 0.29) is 12.2 Å². The van der Waals surface area contributed by atoms with Crippen molar-refractivity contribution in [3.63, 3.8) is 0 Å². The van der Waals surface area contributed by atoms with Crippen LogP contribution in [0, 0.1) is 13.8 Å². The number of hydrogen-bond acceptors (Lipinski definition) is 3. The van der Waals surface area contributed by atoms with E-state index >= 15 is 0 Å². The molecule has 0 saturated carbocycles. The van der Waals surface area contributed by atoms with Crippen molar-refractivity contribution in [2.45, 2.75) is 46.0 Å². The van der Waals surface area contributed by atoms with Gasteiger partial charge >= 0.3 is 0 Å². The molecule has 0 radical (unpaired) electrons. The van der Waals surface area contributed by atoms with Crippen LogP contribution in [-0.4, -0.2) is 49.7 Å². The van der Waals surface area contributed by atoms with E-state index in [4.69, 9.17) is 9.47 Å². The lowest BCUT2D eigenvalue weighted by molar-refractivity contribution is -0.918. The molecule has 1 aromatic rings. The number of nitrogens with one attached hydrogen (secondary N) is 1. The van der Waals surface area contributed by atoms with E-state index in [9.17, 15) is 5.11 Å². The topological polar surface area (TPSA) is 43.1 Å². The molecule has 21 heavy (non-hydrogen) atoms. The third kappa shape index (κ3) is 4.99. The largest absolute Gasteiger partial charge is 0.490 e. The van der Waals surface area contributed by atoms with Gasteiger partial charge in [0.1, 0.15) is 50.3 Å². The highest BCUT2D eigenvalue weighted by atomic mass is 16.5. The van der Waals surface area contributed by atoms with Crippen LogP contribution in [-0.2, 0) is 4.74 Å². The van der Waals surface area contributed by atoms with Gasteiger partial charge in [0.15, 0.2) is 0 Å². The molecule has 2 N–H and O–H groups in total. The Kier molecular flexibility index (Phi) is 5.62. The zero-order valence-corrected chi connectivity index (χ0v) is 13.6. The molecule has 1 aliphatic heterocycles. The van der Waals surface area contributed by atoms with E-state index in [2.05, 4.69) is 19.9 Å². The average Bonchev–Trinajstić information content (AvgIpc) is 2.38. The summed E-state index contributed by atoms with van der Waals surface area (Å²) in [7, 11) is 0. The lowest BCUT2D eigenvalue weighted by atomic mass is 10.1. The summed E-state index contributed by atoms with van der Waals surface area (Å²) in [6.45, 7) is 11.2. The SMILES string of the molecule is Cc1ccc(C)c(OC[C@@H](O)C[NH+]2C[C@@H](C)O[C@@H](C)C2)c1. The summed E-state index contributed by atoms with van der Waals surface area (Å²) in [6.07, 6.45) is 0.0733. The van der Waals surface area contributed by atoms with Gasteiger partial charge in [-0.05, 0) is 44.9 Å². The first-order valence-corrected chi connectivity index (χ1v) is 7.81. The van der Waals surface area contributed by atoms with E-state index in [0.29, 0.717) is 13.2 Å². The summed E-state index contributed by atoms with van der Waals surface area (Å²) >= 11 is 0. The highest BCUT2D eigenvalue weighted by molar-refractivity contribution is 5.35. The molecule has 1 heterocycles. The molecule has 0 aliphatic carbocycles. The van der Waals surface area contributed by atoms with Crippen molar-refractivity contribution >= 4 is 0 Å². The lowest BCUT2D eigenvalue weighted by Gasteiger charge is -2.33. The molecule has 118 valence electrons. The van der Waals surface area contributed by atoms with Crippen molar-refractivity contribution in [1.29, 1.82) is 0 Å². The standard InChI is InChI=1S/C17H27NO3/c1-12-5-6-13(2)17(7-12)20-11-16(19)10-18-8-14(3)21-15(4)9-18/h5-7,14-16,19H,8-11H2,1-4H3/p+1/t14-,15+,16-/m0/s1. The third-order valence-corrected chi connectivity index (χ3v) is 3.92. The van der Waals surface area contributed by atoms with E-state index in [1.165, 1.54) is 10.5 Å². The fourth-order valence-electron chi connectivity index (χ4n) is 3.00. The van der Waals surface area contributed by atoms with Gasteiger partial charge in [0, 0.05) is 0 Å². The van der Waals surface area contributed by atoms with Crippen LogP contribution in [0.5, 0.6) is 5.75 Å². The van der Waals surface area contributed by atoms with Crippen LogP contribution in [0.2, 0.25) is 0 Å². The van der Waals surface area contributed by atoms with Crippen LogP contribution in [0.15, 0.2) is 18.2 Å². The smallest absolute Gasteiger partial charge is 0.137 e. The molecule has 4 atom stereocenters. The van der Waals surface area contributed by atoms with Crippen LogP contribution in [0.3, 0.4) is 0 Å². The highest BCUT2D eigenvalue weighted by Crippen LogP contribution is 2.19. The predicted molar refractivity (Wildman–Crippen MR) is 83.0 cm³/mol. The van der Waals surface area contributed by atoms with Gasteiger partial charge in [-0.25, -0.2) is 0 Å². The molecular formula is C17H28NO3+. The van der Waals surface area contributed by atoms with Gasteiger partial charge in [0.25, 0.3) is 0 Å². The average molecular weight is 294 g/mol. The van der Waals surface area contributed by atoms with Crippen molar-refractivity contribution in [2.24, 2.45) is 0 Å². The Morgan fingerprint density at radius 2 is 1.95 bits per heavy atom. The molecule has 0 spiro atoms. The molecule has 1 aromatic carbocycles. The minimum atomic E-state index is -0.447. The second kappa shape index (κ2) is 7.25. The number of hydrogen-bond donors (Lipinski definition) is 2. The number of ether oxygens (including phenoxy) is 2. The van der Waals surface area contributed by atoms with Gasteiger partial charge in [0.2, 0.25) is 0 Å². The van der Waals surface area contributed by atoms with E-state index < -0.39 is 6.10 Å². The van der Waals surface area contributed by atoms with Gasteiger partial charge < -0.3 is 19.5 Å². The Hall–Kier alpha value is -1.10. The maximum absolute atomic E-state index is 10.2. The van der Waals surface area contributed by atoms with E-state index in [1.807, 2.05) is 26.0 Å². The Bertz CT molecular complexity index is 453. The summed E-state index contributed by atoms with van der Waals surface area (Å²) in [4.78, 5) is 1.39. The first kappa shape index (κ1) is 16.3. The Morgan fingerprint density at radius 3 is 2.62 bits per heavy atom. The second-order valence-corrected chi connectivity index (χ2v) is 6.35. The molecule has 1 fully saturated rings. The van der Waals surface area contributed by atoms with Crippen molar-refractivity contribution in [2.75, 3.05) is 26.2 Å². The van der Waals surface area contributed by atoms with Crippen molar-refractivity contribution in [3.05, 3.63) is 29.3 Å².